The van der Waals surface area contributed by atoms with E-state index in [0.29, 0.717) is 0 Å². The van der Waals surface area contributed by atoms with Crippen molar-refractivity contribution in [3.05, 3.63) is 104 Å². The fraction of sp³-hybridized carbons (Fsp3) is 0.0526. The predicted octanol–water partition coefficient (Wildman–Crippen LogP) is 6.23. The molecule has 0 spiro atoms. The van der Waals surface area contributed by atoms with Gasteiger partial charge in [-0.25, -0.2) is 0 Å². The molecular formula is C19F15Sn. The molecule has 0 aliphatic heterocycles. The molecule has 0 N–H and O–H groups in total. The molecular weight excluding hydrogens is 632 g/mol. The number of hydrogen-bond acceptors (Lipinski definition) is 0. The first kappa shape index (κ1) is 27.0. The van der Waals surface area contributed by atoms with Crippen molar-refractivity contribution >= 4 is 22.5 Å². The molecule has 3 rings (SSSR count). The zero-order chi connectivity index (χ0) is 26.9. The Morgan fingerprint density at radius 2 is 0.371 bits per heavy atom. The van der Waals surface area contributed by atoms with Gasteiger partial charge in [0.2, 0.25) is 0 Å². The molecule has 0 bridgehead atoms. The second-order valence-corrected chi connectivity index (χ2v) is 8.73. The maximum absolute atomic E-state index is 14.6. The summed E-state index contributed by atoms with van der Waals surface area (Å²) in [6.07, 6.45) is 0. The Labute approximate surface area is 196 Å². The third-order valence-electron chi connectivity index (χ3n) is 4.75. The van der Waals surface area contributed by atoms with E-state index in [4.69, 9.17) is 0 Å². The molecule has 3 aromatic carbocycles. The summed E-state index contributed by atoms with van der Waals surface area (Å²) in [4.78, 5) is 0. The summed E-state index contributed by atoms with van der Waals surface area (Å²) >= 11 is -1.27. The second kappa shape index (κ2) is 8.81. The Balaban J connectivity index is 2.78. The van der Waals surface area contributed by atoms with Gasteiger partial charge in [-0.05, 0) is 0 Å². The number of rotatable bonds is 3. The minimum atomic E-state index is -4.36. The van der Waals surface area contributed by atoms with E-state index in [-0.39, 0.29) is 0 Å². The standard InChI is InChI=1S/C19F15.Sn/c20-5-2(6(21)12(27)17(32)11(5)26)1(3-7(22)13(28)18(33)14(29)8(3)23)4-9(24)15(30)19(34)16(31)10(4)25;. The second-order valence-electron chi connectivity index (χ2n) is 6.58. The van der Waals surface area contributed by atoms with Crippen molar-refractivity contribution in [2.45, 2.75) is 3.43 Å². The normalized spacial score (nSPS) is 12.0. The molecule has 3 aromatic rings. The molecule has 0 atom stereocenters. The monoisotopic (exact) mass is 633 g/mol. The van der Waals surface area contributed by atoms with Crippen LogP contribution in [0.3, 0.4) is 0 Å². The van der Waals surface area contributed by atoms with Crippen LogP contribution in [0.2, 0.25) is 0 Å². The molecule has 16 heteroatoms. The van der Waals surface area contributed by atoms with Crippen LogP contribution in [-0.2, 0) is 3.43 Å². The van der Waals surface area contributed by atoms with Crippen LogP contribution in [0.5, 0.6) is 0 Å². The molecule has 0 aromatic heterocycles. The molecule has 0 aliphatic carbocycles. The fourth-order valence-electron chi connectivity index (χ4n) is 3.18. The van der Waals surface area contributed by atoms with Crippen LogP contribution in [0.25, 0.3) is 0 Å². The Kier molecular flexibility index (Phi) is 6.80. The molecule has 35 heavy (non-hydrogen) atoms. The molecule has 3 radical (unpaired) electrons. The van der Waals surface area contributed by atoms with Gasteiger partial charge in [0.1, 0.15) is 0 Å². The molecule has 0 heterocycles. The molecule has 0 nitrogen and oxygen atoms in total. The summed E-state index contributed by atoms with van der Waals surface area (Å²) in [6, 6.07) is 0. The summed E-state index contributed by atoms with van der Waals surface area (Å²) in [6.45, 7) is 0. The first-order valence-electron chi connectivity index (χ1n) is 8.33. The third kappa shape index (κ3) is 3.56. The Bertz CT molecular complexity index is 1160. The summed E-state index contributed by atoms with van der Waals surface area (Å²) in [5.74, 6) is -45.1. The van der Waals surface area contributed by atoms with E-state index in [0.717, 1.165) is 0 Å². The minimum absolute atomic E-state index is 1.27. The maximum atomic E-state index is 14.6. The average Bonchev–Trinajstić information content (AvgIpc) is 2.81. The van der Waals surface area contributed by atoms with Crippen molar-refractivity contribution in [3.63, 3.8) is 0 Å². The number of benzene rings is 3. The molecule has 0 fully saturated rings. The van der Waals surface area contributed by atoms with Gasteiger partial charge < -0.3 is 0 Å². The van der Waals surface area contributed by atoms with Gasteiger partial charge in [-0.1, -0.05) is 0 Å². The van der Waals surface area contributed by atoms with Crippen molar-refractivity contribution in [3.8, 4) is 0 Å². The summed E-state index contributed by atoms with van der Waals surface area (Å²) in [5, 5.41) is 0. The Morgan fingerprint density at radius 1 is 0.257 bits per heavy atom. The predicted molar refractivity (Wildman–Crippen MR) is 84.3 cm³/mol. The van der Waals surface area contributed by atoms with Crippen LogP contribution >= 0.6 is 0 Å². The van der Waals surface area contributed by atoms with E-state index in [1.165, 1.54) is 0 Å². The first-order valence-corrected chi connectivity index (χ1v) is 9.76. The number of halogens is 15. The molecule has 0 aliphatic rings. The van der Waals surface area contributed by atoms with Gasteiger partial charge in [0.15, 0.2) is 0 Å². The van der Waals surface area contributed by atoms with Crippen LogP contribution < -0.4 is 0 Å². The van der Waals surface area contributed by atoms with E-state index in [1.54, 1.807) is 0 Å². The zero-order valence-electron chi connectivity index (χ0n) is 15.7. The quantitative estimate of drug-likeness (QED) is 0.106. The van der Waals surface area contributed by atoms with Crippen molar-refractivity contribution in [2.75, 3.05) is 0 Å². The van der Waals surface area contributed by atoms with Crippen molar-refractivity contribution in [1.82, 2.24) is 0 Å². The van der Waals surface area contributed by atoms with E-state index < -0.39 is 130 Å². The van der Waals surface area contributed by atoms with Crippen LogP contribution in [0.1, 0.15) is 16.7 Å². The van der Waals surface area contributed by atoms with Gasteiger partial charge in [-0.15, -0.1) is 0 Å². The average molecular weight is 632 g/mol. The molecule has 0 saturated heterocycles. The van der Waals surface area contributed by atoms with Crippen molar-refractivity contribution < 1.29 is 65.9 Å². The van der Waals surface area contributed by atoms with Gasteiger partial charge in [-0.3, -0.25) is 0 Å². The van der Waals surface area contributed by atoms with E-state index in [9.17, 15) is 65.9 Å². The first-order chi connectivity index (χ1) is 16.0. The zero-order valence-corrected chi connectivity index (χ0v) is 18.5. The van der Waals surface area contributed by atoms with Crippen LogP contribution in [0.15, 0.2) is 0 Å². The van der Waals surface area contributed by atoms with Crippen LogP contribution in [0, 0.1) is 87.3 Å². The topological polar surface area (TPSA) is 0 Å². The van der Waals surface area contributed by atoms with Gasteiger partial charge in [0.25, 0.3) is 0 Å². The molecule has 0 amide bonds. The van der Waals surface area contributed by atoms with Gasteiger partial charge in [0, 0.05) is 0 Å². The Morgan fingerprint density at radius 3 is 0.514 bits per heavy atom. The van der Waals surface area contributed by atoms with Crippen molar-refractivity contribution in [1.29, 1.82) is 0 Å². The summed E-state index contributed by atoms with van der Waals surface area (Å²) < 4.78 is 207. The third-order valence-corrected chi connectivity index (χ3v) is 6.89. The molecule has 0 unspecified atom stereocenters. The summed E-state index contributed by atoms with van der Waals surface area (Å²) in [5.41, 5.74) is -7.96. The molecule has 0 saturated carbocycles. The molecule has 185 valence electrons. The summed E-state index contributed by atoms with van der Waals surface area (Å²) in [7, 11) is 0. The van der Waals surface area contributed by atoms with Crippen LogP contribution in [0.4, 0.5) is 65.9 Å². The van der Waals surface area contributed by atoms with E-state index in [1.807, 2.05) is 0 Å². The van der Waals surface area contributed by atoms with E-state index in [2.05, 4.69) is 0 Å². The van der Waals surface area contributed by atoms with Crippen LogP contribution in [-0.4, -0.2) is 22.5 Å². The van der Waals surface area contributed by atoms with Gasteiger partial charge in [-0.2, -0.15) is 0 Å². The van der Waals surface area contributed by atoms with Gasteiger partial charge in [0.05, 0.1) is 0 Å². The van der Waals surface area contributed by atoms with E-state index >= 15 is 0 Å². The number of hydrogen-bond donors (Lipinski definition) is 0. The Hall–Kier alpha value is -2.59. The SMILES string of the molecule is Fc1c(F)c(F)c([C]([Sn])(c2c(F)c(F)c(F)c(F)c2F)c2c(F)c(F)c(F)c(F)c2F)c(F)c1F. The fourth-order valence-corrected chi connectivity index (χ4v) is 5.06. The van der Waals surface area contributed by atoms with Gasteiger partial charge >= 0.3 is 196 Å². The van der Waals surface area contributed by atoms with Crippen molar-refractivity contribution in [2.24, 2.45) is 0 Å².